The molecule has 16 heavy (non-hydrogen) atoms. The molecule has 0 heterocycles. The van der Waals surface area contributed by atoms with Crippen LogP contribution >= 0.6 is 0 Å². The Labute approximate surface area is 101 Å². The molecule has 1 atom stereocenters. The fourth-order valence-corrected chi connectivity index (χ4v) is 3.60. The van der Waals surface area contributed by atoms with Crippen molar-refractivity contribution in [2.45, 2.75) is 59.8 Å². The van der Waals surface area contributed by atoms with Crippen LogP contribution in [0.1, 0.15) is 59.8 Å². The van der Waals surface area contributed by atoms with E-state index in [9.17, 15) is 0 Å². The molecule has 0 bridgehead atoms. The molecule has 0 amide bonds. The highest BCUT2D eigenvalue weighted by molar-refractivity contribution is 5.36. The third-order valence-corrected chi connectivity index (χ3v) is 4.72. The highest BCUT2D eigenvalue weighted by atomic mass is 14.5. The minimum absolute atomic E-state index is 0.396. The maximum atomic E-state index is 2.50. The summed E-state index contributed by atoms with van der Waals surface area (Å²) < 4.78 is 0. The van der Waals surface area contributed by atoms with Crippen molar-refractivity contribution < 1.29 is 0 Å². The van der Waals surface area contributed by atoms with Crippen molar-refractivity contribution in [3.8, 4) is 0 Å². The van der Waals surface area contributed by atoms with Gasteiger partial charge in [-0.05, 0) is 35.2 Å². The summed E-state index contributed by atoms with van der Waals surface area (Å²) >= 11 is 0. The second-order valence-electron chi connectivity index (χ2n) is 6.73. The summed E-state index contributed by atoms with van der Waals surface area (Å²) in [6.45, 7) is 9.57. The molecule has 0 aromatic rings. The van der Waals surface area contributed by atoms with Gasteiger partial charge in [-0.2, -0.15) is 0 Å². The Morgan fingerprint density at radius 2 is 1.75 bits per heavy atom. The Bertz CT molecular complexity index is 305. The zero-order valence-electron chi connectivity index (χ0n) is 11.3. The second kappa shape index (κ2) is 4.05. The van der Waals surface area contributed by atoms with Crippen molar-refractivity contribution in [3.05, 3.63) is 23.8 Å². The van der Waals surface area contributed by atoms with E-state index in [1.165, 1.54) is 32.1 Å². The first-order valence-corrected chi connectivity index (χ1v) is 6.86. The van der Waals surface area contributed by atoms with Crippen molar-refractivity contribution in [3.63, 3.8) is 0 Å². The largest absolute Gasteiger partial charge is 0.0776 e. The first kappa shape index (κ1) is 12.0. The molecule has 1 unspecified atom stereocenters. The molecular formula is C16H26. The Balaban J connectivity index is 2.35. The molecule has 90 valence electrons. The molecule has 2 rings (SSSR count). The fraction of sp³-hybridized carbons (Fsp3) is 0.750. The van der Waals surface area contributed by atoms with Crippen molar-refractivity contribution >= 4 is 0 Å². The number of rotatable bonds is 1. The highest BCUT2D eigenvalue weighted by Gasteiger charge is 2.44. The average Bonchev–Trinajstić information content (AvgIpc) is 2.65. The predicted octanol–water partition coefficient (Wildman–Crippen LogP) is 5.12. The fourth-order valence-electron chi connectivity index (χ4n) is 3.60. The van der Waals surface area contributed by atoms with Gasteiger partial charge >= 0.3 is 0 Å². The molecule has 2 aliphatic rings. The summed E-state index contributed by atoms with van der Waals surface area (Å²) in [4.78, 5) is 0. The van der Waals surface area contributed by atoms with Crippen LogP contribution in [-0.4, -0.2) is 0 Å². The lowest BCUT2D eigenvalue weighted by molar-refractivity contribution is 0.0833. The molecule has 0 spiro atoms. The maximum Gasteiger partial charge on any atom is -0.000156 e. The Morgan fingerprint density at radius 1 is 1.12 bits per heavy atom. The summed E-state index contributed by atoms with van der Waals surface area (Å²) in [6, 6.07) is 0. The number of hydrogen-bond acceptors (Lipinski definition) is 0. The Morgan fingerprint density at radius 3 is 2.19 bits per heavy atom. The monoisotopic (exact) mass is 218 g/mol. The van der Waals surface area contributed by atoms with Crippen LogP contribution in [0, 0.1) is 16.7 Å². The van der Waals surface area contributed by atoms with Gasteiger partial charge in [-0.15, -0.1) is 0 Å². The van der Waals surface area contributed by atoms with Crippen molar-refractivity contribution in [1.29, 1.82) is 0 Å². The van der Waals surface area contributed by atoms with Gasteiger partial charge in [-0.1, -0.05) is 65.2 Å². The minimum Gasteiger partial charge on any atom is -0.0776 e. The van der Waals surface area contributed by atoms with Crippen LogP contribution in [-0.2, 0) is 0 Å². The van der Waals surface area contributed by atoms with E-state index in [1.807, 2.05) is 0 Å². The van der Waals surface area contributed by atoms with Gasteiger partial charge in [0, 0.05) is 0 Å². The average molecular weight is 218 g/mol. The van der Waals surface area contributed by atoms with Crippen LogP contribution in [0.15, 0.2) is 23.8 Å². The zero-order valence-corrected chi connectivity index (χ0v) is 11.3. The Hall–Kier alpha value is -0.520. The molecule has 0 radical (unpaired) electrons. The lowest BCUT2D eigenvalue weighted by Gasteiger charge is -2.48. The van der Waals surface area contributed by atoms with Gasteiger partial charge in [0.2, 0.25) is 0 Å². The molecule has 0 aromatic heterocycles. The van der Waals surface area contributed by atoms with Crippen LogP contribution in [0.2, 0.25) is 0 Å². The standard InChI is InChI=1S/C16H26/c1-13-8-9-14(12-13)16(15(2,3)4)10-6-5-7-11-16/h8-9,12-13H,5-7,10-11H2,1-4H3. The van der Waals surface area contributed by atoms with Crippen LogP contribution in [0.5, 0.6) is 0 Å². The molecule has 2 aliphatic carbocycles. The predicted molar refractivity (Wildman–Crippen MR) is 71.4 cm³/mol. The van der Waals surface area contributed by atoms with Crippen LogP contribution < -0.4 is 0 Å². The van der Waals surface area contributed by atoms with Gasteiger partial charge in [0.05, 0.1) is 0 Å². The normalized spacial score (nSPS) is 29.2. The van der Waals surface area contributed by atoms with E-state index in [2.05, 4.69) is 45.9 Å². The van der Waals surface area contributed by atoms with Crippen molar-refractivity contribution in [2.24, 2.45) is 16.7 Å². The van der Waals surface area contributed by atoms with Crippen molar-refractivity contribution in [2.75, 3.05) is 0 Å². The summed E-state index contributed by atoms with van der Waals surface area (Å²) in [7, 11) is 0. The first-order valence-electron chi connectivity index (χ1n) is 6.86. The highest BCUT2D eigenvalue weighted by Crippen LogP contribution is 2.55. The SMILES string of the molecule is CC1C=CC(C2(C(C)(C)C)CCCCC2)=C1. The van der Waals surface area contributed by atoms with Crippen molar-refractivity contribution in [1.82, 2.24) is 0 Å². The first-order chi connectivity index (χ1) is 7.46. The zero-order chi connectivity index (χ0) is 11.8. The third-order valence-electron chi connectivity index (χ3n) is 4.72. The van der Waals surface area contributed by atoms with E-state index in [0.717, 1.165) is 0 Å². The molecule has 1 saturated carbocycles. The maximum absolute atomic E-state index is 2.50. The van der Waals surface area contributed by atoms with E-state index >= 15 is 0 Å². The molecule has 0 nitrogen and oxygen atoms in total. The van der Waals surface area contributed by atoms with Crippen LogP contribution in [0.4, 0.5) is 0 Å². The molecule has 0 saturated heterocycles. The number of hydrogen-bond donors (Lipinski definition) is 0. The van der Waals surface area contributed by atoms with Gasteiger partial charge in [0.25, 0.3) is 0 Å². The smallest absolute Gasteiger partial charge is 0.000156 e. The van der Waals surface area contributed by atoms with Gasteiger partial charge in [0.15, 0.2) is 0 Å². The van der Waals surface area contributed by atoms with E-state index < -0.39 is 0 Å². The molecule has 1 fully saturated rings. The number of allylic oxidation sites excluding steroid dienone is 4. The van der Waals surface area contributed by atoms with Crippen LogP contribution in [0.25, 0.3) is 0 Å². The molecule has 0 N–H and O–H groups in total. The van der Waals surface area contributed by atoms with Gasteiger partial charge < -0.3 is 0 Å². The van der Waals surface area contributed by atoms with E-state index in [-0.39, 0.29) is 0 Å². The van der Waals surface area contributed by atoms with E-state index in [0.29, 0.717) is 16.7 Å². The lowest BCUT2D eigenvalue weighted by atomic mass is 9.56. The lowest BCUT2D eigenvalue weighted by Crippen LogP contribution is -2.38. The second-order valence-corrected chi connectivity index (χ2v) is 6.73. The molecule has 0 aliphatic heterocycles. The van der Waals surface area contributed by atoms with E-state index in [1.54, 1.807) is 5.57 Å². The minimum atomic E-state index is 0.396. The molecular weight excluding hydrogens is 192 g/mol. The molecule has 0 aromatic carbocycles. The molecule has 0 heteroatoms. The summed E-state index contributed by atoms with van der Waals surface area (Å²) in [5.41, 5.74) is 2.48. The van der Waals surface area contributed by atoms with Crippen LogP contribution in [0.3, 0.4) is 0 Å². The van der Waals surface area contributed by atoms with Gasteiger partial charge in [-0.3, -0.25) is 0 Å². The Kier molecular flexibility index (Phi) is 3.03. The summed E-state index contributed by atoms with van der Waals surface area (Å²) in [5, 5.41) is 0. The third kappa shape index (κ3) is 1.87. The topological polar surface area (TPSA) is 0 Å². The van der Waals surface area contributed by atoms with E-state index in [4.69, 9.17) is 0 Å². The quantitative estimate of drug-likeness (QED) is 0.573. The summed E-state index contributed by atoms with van der Waals surface area (Å²) in [5.74, 6) is 0.649. The van der Waals surface area contributed by atoms with Gasteiger partial charge in [-0.25, -0.2) is 0 Å². The van der Waals surface area contributed by atoms with Gasteiger partial charge in [0.1, 0.15) is 0 Å². The summed E-state index contributed by atoms with van der Waals surface area (Å²) in [6.07, 6.45) is 14.3.